The van der Waals surface area contributed by atoms with Crippen LogP contribution in [0, 0.1) is 0 Å². The lowest BCUT2D eigenvalue weighted by atomic mass is 9.70. The van der Waals surface area contributed by atoms with Crippen LogP contribution in [0.4, 0.5) is 0 Å². The Hall–Kier alpha value is -2.34. The first-order valence-electron chi connectivity index (χ1n) is 10.6. The van der Waals surface area contributed by atoms with Crippen LogP contribution in [0.25, 0.3) is 22.3 Å². The third kappa shape index (κ3) is 3.78. The second-order valence-electron chi connectivity index (χ2n) is 9.11. The molecule has 3 rings (SSSR count). The zero-order chi connectivity index (χ0) is 20.4. The van der Waals surface area contributed by atoms with Crippen molar-refractivity contribution in [3.63, 3.8) is 0 Å². The summed E-state index contributed by atoms with van der Waals surface area (Å²) in [5.74, 6) is 0. The van der Waals surface area contributed by atoms with Crippen molar-refractivity contribution in [2.24, 2.45) is 0 Å². The number of hydrogen-bond acceptors (Lipinski definition) is 0. The van der Waals surface area contributed by atoms with Crippen molar-refractivity contribution in [2.45, 2.75) is 65.2 Å². The zero-order valence-electron chi connectivity index (χ0n) is 18.3. The van der Waals surface area contributed by atoms with Crippen LogP contribution in [0.3, 0.4) is 0 Å². The van der Waals surface area contributed by atoms with Crippen molar-refractivity contribution in [3.05, 3.63) is 83.9 Å². The van der Waals surface area contributed by atoms with Crippen molar-refractivity contribution in [3.8, 4) is 22.3 Å². The van der Waals surface area contributed by atoms with Crippen LogP contribution < -0.4 is 0 Å². The minimum Gasteiger partial charge on any atom is -0.0646 e. The summed E-state index contributed by atoms with van der Waals surface area (Å²) < 4.78 is 0. The molecule has 0 amide bonds. The predicted octanol–water partition coefficient (Wildman–Crippen LogP) is 8.40. The van der Waals surface area contributed by atoms with Crippen LogP contribution in [0.2, 0.25) is 0 Å². The summed E-state index contributed by atoms with van der Waals surface area (Å²) in [5, 5.41) is 0. The first kappa shape index (κ1) is 20.4. The summed E-state index contributed by atoms with van der Waals surface area (Å²) in [6.07, 6.45) is 2.23. The lowest BCUT2D eigenvalue weighted by molar-refractivity contribution is 0.491. The maximum Gasteiger partial charge on any atom is -0.00995 e. The molecule has 0 aliphatic heterocycles. The van der Waals surface area contributed by atoms with E-state index in [2.05, 4.69) is 114 Å². The molecule has 0 saturated heterocycles. The van der Waals surface area contributed by atoms with E-state index < -0.39 is 0 Å². The van der Waals surface area contributed by atoms with Gasteiger partial charge in [0, 0.05) is 0 Å². The van der Waals surface area contributed by atoms with Crippen molar-refractivity contribution in [1.82, 2.24) is 0 Å². The Morgan fingerprint density at radius 1 is 0.536 bits per heavy atom. The summed E-state index contributed by atoms with van der Waals surface area (Å²) in [5.41, 5.74) is 8.54. The van der Waals surface area contributed by atoms with E-state index in [-0.39, 0.29) is 10.8 Å². The van der Waals surface area contributed by atoms with Crippen LogP contribution >= 0.6 is 0 Å². The molecule has 0 atom stereocenters. The molecule has 0 fully saturated rings. The fourth-order valence-corrected chi connectivity index (χ4v) is 3.92. The van der Waals surface area contributed by atoms with Crippen LogP contribution in [0.5, 0.6) is 0 Å². The third-order valence-corrected chi connectivity index (χ3v) is 6.57. The van der Waals surface area contributed by atoms with Crippen LogP contribution in [-0.2, 0) is 10.8 Å². The summed E-state index contributed by atoms with van der Waals surface area (Å²) in [6.45, 7) is 14.1. The Labute approximate surface area is 171 Å². The lowest BCUT2D eigenvalue weighted by Gasteiger charge is -2.34. The van der Waals surface area contributed by atoms with Gasteiger partial charge in [-0.25, -0.2) is 0 Å². The maximum atomic E-state index is 2.37. The van der Waals surface area contributed by atoms with Crippen LogP contribution in [0.15, 0.2) is 72.8 Å². The molecule has 0 aliphatic carbocycles. The highest BCUT2D eigenvalue weighted by atomic mass is 14.3. The molecule has 0 nitrogen and oxygen atoms in total. The molecule has 0 heteroatoms. The van der Waals surface area contributed by atoms with Gasteiger partial charge in [-0.2, -0.15) is 0 Å². The fourth-order valence-electron chi connectivity index (χ4n) is 3.92. The number of hydrogen-bond donors (Lipinski definition) is 0. The highest BCUT2D eigenvalue weighted by Gasteiger charge is 2.30. The molecule has 28 heavy (non-hydrogen) atoms. The average molecular weight is 371 g/mol. The standard InChI is InChI=1S/C28H34/c1-7-27(3,4)24-19-14-20-25(28(5,6)8-2)26(24)23-18-13-12-17-22(23)21-15-10-9-11-16-21/h9-20H,7-8H2,1-6H3. The van der Waals surface area contributed by atoms with E-state index in [0.29, 0.717) is 0 Å². The van der Waals surface area contributed by atoms with Crippen LogP contribution in [-0.4, -0.2) is 0 Å². The number of rotatable bonds is 6. The average Bonchev–Trinajstić information content (AvgIpc) is 2.73. The van der Waals surface area contributed by atoms with Gasteiger partial charge in [-0.15, -0.1) is 0 Å². The van der Waals surface area contributed by atoms with Crippen molar-refractivity contribution < 1.29 is 0 Å². The van der Waals surface area contributed by atoms with Gasteiger partial charge in [0.2, 0.25) is 0 Å². The molecule has 0 radical (unpaired) electrons. The Kier molecular flexibility index (Phi) is 5.79. The van der Waals surface area contributed by atoms with Crippen molar-refractivity contribution in [1.29, 1.82) is 0 Å². The summed E-state index contributed by atoms with van der Waals surface area (Å²) in [7, 11) is 0. The molecular formula is C28H34. The Bertz CT molecular complexity index is 895. The Balaban J connectivity index is 2.39. The topological polar surface area (TPSA) is 0 Å². The van der Waals surface area contributed by atoms with E-state index in [1.54, 1.807) is 0 Å². The molecule has 0 unspecified atom stereocenters. The molecule has 3 aromatic carbocycles. The fraction of sp³-hybridized carbons (Fsp3) is 0.357. The molecule has 146 valence electrons. The minimum atomic E-state index is 0.124. The molecule has 0 saturated carbocycles. The molecule has 3 aromatic rings. The first-order chi connectivity index (χ1) is 13.3. The maximum absolute atomic E-state index is 2.37. The van der Waals surface area contributed by atoms with Gasteiger partial charge in [0.1, 0.15) is 0 Å². The highest BCUT2D eigenvalue weighted by molar-refractivity contribution is 5.87. The van der Waals surface area contributed by atoms with Gasteiger partial charge in [0.15, 0.2) is 0 Å². The highest BCUT2D eigenvalue weighted by Crippen LogP contribution is 2.45. The summed E-state index contributed by atoms with van der Waals surface area (Å²) >= 11 is 0. The van der Waals surface area contributed by atoms with Gasteiger partial charge in [-0.3, -0.25) is 0 Å². The Morgan fingerprint density at radius 2 is 1.00 bits per heavy atom. The zero-order valence-corrected chi connectivity index (χ0v) is 18.3. The molecule has 0 aliphatic rings. The summed E-state index contributed by atoms with van der Waals surface area (Å²) in [6, 6.07) is 26.6. The van der Waals surface area contributed by atoms with Crippen LogP contribution in [0.1, 0.15) is 65.5 Å². The molecule has 0 N–H and O–H groups in total. The van der Waals surface area contributed by atoms with E-state index in [9.17, 15) is 0 Å². The van der Waals surface area contributed by atoms with E-state index in [0.717, 1.165) is 12.8 Å². The van der Waals surface area contributed by atoms with Gasteiger partial charge < -0.3 is 0 Å². The van der Waals surface area contributed by atoms with E-state index in [1.165, 1.54) is 33.4 Å². The van der Waals surface area contributed by atoms with E-state index >= 15 is 0 Å². The van der Waals surface area contributed by atoms with E-state index in [4.69, 9.17) is 0 Å². The van der Waals surface area contributed by atoms with E-state index in [1.807, 2.05) is 0 Å². The second-order valence-corrected chi connectivity index (χ2v) is 9.11. The summed E-state index contributed by atoms with van der Waals surface area (Å²) in [4.78, 5) is 0. The molecule has 0 bridgehead atoms. The van der Waals surface area contributed by atoms with Gasteiger partial charge in [-0.1, -0.05) is 114 Å². The molecule has 0 spiro atoms. The first-order valence-corrected chi connectivity index (χ1v) is 10.6. The quantitative estimate of drug-likeness (QED) is 0.408. The van der Waals surface area contributed by atoms with Crippen molar-refractivity contribution in [2.75, 3.05) is 0 Å². The molecule has 0 heterocycles. The van der Waals surface area contributed by atoms with Gasteiger partial charge >= 0.3 is 0 Å². The SMILES string of the molecule is CCC(C)(C)c1cccc(C(C)(C)CC)c1-c1ccccc1-c1ccccc1. The lowest BCUT2D eigenvalue weighted by Crippen LogP contribution is -2.22. The van der Waals surface area contributed by atoms with Gasteiger partial charge in [-0.05, 0) is 57.1 Å². The van der Waals surface area contributed by atoms with Gasteiger partial charge in [0.25, 0.3) is 0 Å². The molecular weight excluding hydrogens is 336 g/mol. The second kappa shape index (κ2) is 7.95. The molecule has 0 aromatic heterocycles. The largest absolute Gasteiger partial charge is 0.0646 e. The minimum absolute atomic E-state index is 0.124. The van der Waals surface area contributed by atoms with Gasteiger partial charge in [0.05, 0.1) is 0 Å². The normalized spacial score (nSPS) is 12.2. The Morgan fingerprint density at radius 3 is 1.50 bits per heavy atom. The third-order valence-electron chi connectivity index (χ3n) is 6.57. The number of benzene rings is 3. The monoisotopic (exact) mass is 370 g/mol. The van der Waals surface area contributed by atoms with Crippen molar-refractivity contribution >= 4 is 0 Å². The predicted molar refractivity (Wildman–Crippen MR) is 124 cm³/mol. The smallest absolute Gasteiger partial charge is 0.00995 e.